The van der Waals surface area contributed by atoms with E-state index in [1.807, 2.05) is 0 Å². The number of carbonyl (C=O) groups excluding carboxylic acids is 2. The zero-order chi connectivity index (χ0) is 15.4. The molecule has 0 aromatic heterocycles. The fourth-order valence-electron chi connectivity index (χ4n) is 1.82. The van der Waals surface area contributed by atoms with Gasteiger partial charge < -0.3 is 16.8 Å². The molecular weight excluding hydrogens is 273 g/mol. The van der Waals surface area contributed by atoms with Crippen LogP contribution in [0.25, 0.3) is 0 Å². The summed E-state index contributed by atoms with van der Waals surface area (Å²) in [6.07, 6.45) is 0. The molecule has 2 aromatic rings. The number of halogens is 1. The number of benzene rings is 2. The third-order valence-corrected chi connectivity index (χ3v) is 2.91. The van der Waals surface area contributed by atoms with Gasteiger partial charge in [-0.3, -0.25) is 9.59 Å². The summed E-state index contributed by atoms with van der Waals surface area (Å²) in [5.41, 5.74) is 12.2. The Morgan fingerprint density at radius 1 is 0.952 bits per heavy atom. The van der Waals surface area contributed by atoms with Gasteiger partial charge in [0, 0.05) is 23.4 Å². The largest absolute Gasteiger partial charge is 0.381 e. The molecule has 108 valence electrons. The molecule has 0 unspecified atom stereocenters. The molecule has 0 saturated heterocycles. The van der Waals surface area contributed by atoms with Gasteiger partial charge in [-0.15, -0.1) is 0 Å². The van der Waals surface area contributed by atoms with E-state index in [-0.39, 0.29) is 16.9 Å². The Hall–Kier alpha value is -2.89. The molecule has 0 radical (unpaired) electrons. The number of carbonyl (C=O) groups is 2. The molecule has 5 nitrogen and oxygen atoms in total. The highest BCUT2D eigenvalue weighted by molar-refractivity contribution is 5.99. The molecule has 0 aliphatic rings. The van der Waals surface area contributed by atoms with Crippen molar-refractivity contribution in [3.63, 3.8) is 0 Å². The summed E-state index contributed by atoms with van der Waals surface area (Å²) >= 11 is 0. The summed E-state index contributed by atoms with van der Waals surface area (Å²) in [6.45, 7) is 0.403. The van der Waals surface area contributed by atoms with E-state index in [0.29, 0.717) is 12.2 Å². The zero-order valence-electron chi connectivity index (χ0n) is 11.1. The van der Waals surface area contributed by atoms with Crippen LogP contribution in [-0.2, 0) is 6.54 Å². The standard InChI is InChI=1S/C15H14FN3O2/c16-12-3-1-9(2-4-12)8-19-13-6-10(14(17)20)5-11(7-13)15(18)21/h1-7,19H,8H2,(H2,17,20)(H2,18,21). The molecule has 2 aromatic carbocycles. The second-order valence-electron chi connectivity index (χ2n) is 4.51. The quantitative estimate of drug-likeness (QED) is 0.779. The molecular formula is C15H14FN3O2. The van der Waals surface area contributed by atoms with Crippen molar-refractivity contribution in [1.82, 2.24) is 0 Å². The van der Waals surface area contributed by atoms with E-state index in [4.69, 9.17) is 11.5 Å². The van der Waals surface area contributed by atoms with Crippen LogP contribution >= 0.6 is 0 Å². The highest BCUT2D eigenvalue weighted by Gasteiger charge is 2.09. The molecule has 0 aliphatic heterocycles. The number of nitrogens with two attached hydrogens (primary N) is 2. The van der Waals surface area contributed by atoms with Gasteiger partial charge >= 0.3 is 0 Å². The van der Waals surface area contributed by atoms with Crippen LogP contribution in [0, 0.1) is 5.82 Å². The Balaban J connectivity index is 2.20. The van der Waals surface area contributed by atoms with E-state index in [2.05, 4.69) is 5.32 Å². The Bertz CT molecular complexity index is 652. The Labute approximate surface area is 120 Å². The molecule has 0 fully saturated rings. The lowest BCUT2D eigenvalue weighted by atomic mass is 10.1. The maximum atomic E-state index is 12.8. The van der Waals surface area contributed by atoms with Crippen LogP contribution in [0.4, 0.5) is 10.1 Å². The lowest BCUT2D eigenvalue weighted by Crippen LogP contribution is -2.16. The van der Waals surface area contributed by atoms with Gasteiger partial charge in [0.2, 0.25) is 11.8 Å². The van der Waals surface area contributed by atoms with Crippen LogP contribution in [0.5, 0.6) is 0 Å². The number of nitrogens with one attached hydrogen (secondary N) is 1. The van der Waals surface area contributed by atoms with E-state index in [9.17, 15) is 14.0 Å². The number of primary amides is 2. The molecule has 0 heterocycles. The SMILES string of the molecule is NC(=O)c1cc(NCc2ccc(F)cc2)cc(C(N)=O)c1. The molecule has 6 heteroatoms. The maximum absolute atomic E-state index is 12.8. The summed E-state index contributed by atoms with van der Waals surface area (Å²) in [5, 5.41) is 3.03. The molecule has 0 atom stereocenters. The van der Waals surface area contributed by atoms with E-state index in [0.717, 1.165) is 5.56 Å². The minimum absolute atomic E-state index is 0.188. The maximum Gasteiger partial charge on any atom is 0.248 e. The van der Waals surface area contributed by atoms with E-state index >= 15 is 0 Å². The fourth-order valence-corrected chi connectivity index (χ4v) is 1.82. The fraction of sp³-hybridized carbons (Fsp3) is 0.0667. The van der Waals surface area contributed by atoms with Crippen molar-refractivity contribution >= 4 is 17.5 Å². The van der Waals surface area contributed by atoms with Gasteiger partial charge in [-0.1, -0.05) is 12.1 Å². The predicted molar refractivity (Wildman–Crippen MR) is 77.2 cm³/mol. The Morgan fingerprint density at radius 3 is 1.95 bits per heavy atom. The first-order chi connectivity index (χ1) is 9.95. The smallest absolute Gasteiger partial charge is 0.248 e. The van der Waals surface area contributed by atoms with Crippen molar-refractivity contribution in [2.75, 3.05) is 5.32 Å². The highest BCUT2D eigenvalue weighted by Crippen LogP contribution is 2.16. The van der Waals surface area contributed by atoms with Crippen molar-refractivity contribution in [3.05, 3.63) is 65.0 Å². The van der Waals surface area contributed by atoms with Gasteiger partial charge in [0.05, 0.1) is 0 Å². The zero-order valence-corrected chi connectivity index (χ0v) is 11.1. The molecule has 2 amide bonds. The second-order valence-corrected chi connectivity index (χ2v) is 4.51. The lowest BCUT2D eigenvalue weighted by Gasteiger charge is -2.09. The Kier molecular flexibility index (Phi) is 4.18. The van der Waals surface area contributed by atoms with Crippen molar-refractivity contribution in [3.8, 4) is 0 Å². The molecule has 0 spiro atoms. The first-order valence-corrected chi connectivity index (χ1v) is 6.19. The van der Waals surface area contributed by atoms with E-state index in [1.165, 1.54) is 30.3 Å². The van der Waals surface area contributed by atoms with Crippen molar-refractivity contribution < 1.29 is 14.0 Å². The summed E-state index contributed by atoms with van der Waals surface area (Å²) in [6, 6.07) is 10.4. The van der Waals surface area contributed by atoms with Crippen LogP contribution < -0.4 is 16.8 Å². The normalized spacial score (nSPS) is 10.1. The number of hydrogen-bond donors (Lipinski definition) is 3. The highest BCUT2D eigenvalue weighted by atomic mass is 19.1. The predicted octanol–water partition coefficient (Wildman–Crippen LogP) is 1.64. The third kappa shape index (κ3) is 3.79. The molecule has 5 N–H and O–H groups in total. The molecule has 0 aliphatic carbocycles. The molecule has 0 bridgehead atoms. The first kappa shape index (κ1) is 14.5. The van der Waals surface area contributed by atoms with Crippen LogP contribution in [-0.4, -0.2) is 11.8 Å². The summed E-state index contributed by atoms with van der Waals surface area (Å²) < 4.78 is 12.8. The summed E-state index contributed by atoms with van der Waals surface area (Å²) in [7, 11) is 0. The Morgan fingerprint density at radius 2 is 1.48 bits per heavy atom. The molecule has 0 saturated carbocycles. The first-order valence-electron chi connectivity index (χ1n) is 6.19. The van der Waals surface area contributed by atoms with Crippen LogP contribution in [0.1, 0.15) is 26.3 Å². The summed E-state index contributed by atoms with van der Waals surface area (Å²) in [5.74, 6) is -1.61. The van der Waals surface area contributed by atoms with Crippen molar-refractivity contribution in [2.45, 2.75) is 6.54 Å². The van der Waals surface area contributed by atoms with Gasteiger partial charge in [-0.05, 0) is 35.9 Å². The van der Waals surface area contributed by atoms with E-state index in [1.54, 1.807) is 12.1 Å². The van der Waals surface area contributed by atoms with Crippen molar-refractivity contribution in [2.24, 2.45) is 11.5 Å². The topological polar surface area (TPSA) is 98.2 Å². The van der Waals surface area contributed by atoms with Gasteiger partial charge in [-0.2, -0.15) is 0 Å². The average Bonchev–Trinajstić information content (AvgIpc) is 2.46. The minimum Gasteiger partial charge on any atom is -0.381 e. The van der Waals surface area contributed by atoms with Gasteiger partial charge in [-0.25, -0.2) is 4.39 Å². The molecule has 2 rings (SSSR count). The van der Waals surface area contributed by atoms with Crippen LogP contribution in [0.15, 0.2) is 42.5 Å². The summed E-state index contributed by atoms with van der Waals surface area (Å²) in [4.78, 5) is 22.5. The van der Waals surface area contributed by atoms with Crippen molar-refractivity contribution in [1.29, 1.82) is 0 Å². The van der Waals surface area contributed by atoms with Gasteiger partial charge in [0.25, 0.3) is 0 Å². The number of hydrogen-bond acceptors (Lipinski definition) is 3. The second kappa shape index (κ2) is 6.04. The monoisotopic (exact) mass is 287 g/mol. The lowest BCUT2D eigenvalue weighted by molar-refractivity contribution is 0.0999. The number of rotatable bonds is 5. The minimum atomic E-state index is -0.650. The van der Waals surface area contributed by atoms with Crippen LogP contribution in [0.3, 0.4) is 0 Å². The third-order valence-electron chi connectivity index (χ3n) is 2.91. The number of amides is 2. The van der Waals surface area contributed by atoms with Gasteiger partial charge in [0.15, 0.2) is 0 Å². The van der Waals surface area contributed by atoms with Gasteiger partial charge in [0.1, 0.15) is 5.82 Å². The average molecular weight is 287 g/mol. The molecule has 21 heavy (non-hydrogen) atoms. The van der Waals surface area contributed by atoms with E-state index < -0.39 is 11.8 Å². The van der Waals surface area contributed by atoms with Crippen LogP contribution in [0.2, 0.25) is 0 Å². The number of anilines is 1.